The summed E-state index contributed by atoms with van der Waals surface area (Å²) in [6.07, 6.45) is 3.83. The Bertz CT molecular complexity index is 808. The van der Waals surface area contributed by atoms with E-state index in [0.29, 0.717) is 11.8 Å². The highest BCUT2D eigenvalue weighted by Crippen LogP contribution is 2.17. The van der Waals surface area contributed by atoms with Gasteiger partial charge in [0.05, 0.1) is 26.0 Å². The molecule has 6 nitrogen and oxygen atoms in total. The van der Waals surface area contributed by atoms with E-state index in [9.17, 15) is 0 Å². The van der Waals surface area contributed by atoms with E-state index in [0.717, 1.165) is 62.8 Å². The summed E-state index contributed by atoms with van der Waals surface area (Å²) in [5.74, 6) is 1.59. The molecule has 0 spiro atoms. The fourth-order valence-electron chi connectivity index (χ4n) is 3.07. The topological polar surface area (TPSA) is 72.4 Å². The van der Waals surface area contributed by atoms with E-state index in [1.54, 1.807) is 6.21 Å². The molecule has 1 heterocycles. The van der Waals surface area contributed by atoms with E-state index >= 15 is 0 Å². The molecule has 7 heteroatoms. The molecule has 1 saturated heterocycles. The van der Waals surface area contributed by atoms with Crippen molar-refractivity contribution in [3.8, 4) is 5.75 Å². The molecule has 0 aliphatic carbocycles. The van der Waals surface area contributed by atoms with Crippen LogP contribution in [-0.2, 0) is 10.5 Å². The second kappa shape index (κ2) is 13.1. The second-order valence-corrected chi connectivity index (χ2v) is 8.00. The number of rotatable bonds is 10. The summed E-state index contributed by atoms with van der Waals surface area (Å²) in [4.78, 5) is 2.45. The van der Waals surface area contributed by atoms with Crippen molar-refractivity contribution in [2.45, 2.75) is 18.6 Å². The van der Waals surface area contributed by atoms with Crippen LogP contribution in [-0.4, -0.2) is 55.7 Å². The first-order valence-corrected chi connectivity index (χ1v) is 11.3. The zero-order valence-corrected chi connectivity index (χ0v) is 18.1. The Kier molecular flexibility index (Phi) is 9.72. The number of amidine groups is 1. The molecule has 1 aliphatic rings. The number of nitrogens with zero attached hydrogens (tertiary/aromatic N) is 3. The number of unbranched alkanes of at least 4 members (excludes halogenated alkanes) is 1. The van der Waals surface area contributed by atoms with Crippen molar-refractivity contribution in [1.29, 1.82) is 0 Å². The van der Waals surface area contributed by atoms with Crippen LogP contribution in [0.4, 0.5) is 0 Å². The van der Waals surface area contributed by atoms with Gasteiger partial charge >= 0.3 is 0 Å². The van der Waals surface area contributed by atoms with Crippen LogP contribution in [0.5, 0.6) is 5.75 Å². The van der Waals surface area contributed by atoms with Gasteiger partial charge in [-0.1, -0.05) is 54.2 Å². The lowest BCUT2D eigenvalue weighted by Crippen LogP contribution is -2.36. The lowest BCUT2D eigenvalue weighted by molar-refractivity contribution is 0.0368. The number of morpholine rings is 1. The Balaban J connectivity index is 1.41. The van der Waals surface area contributed by atoms with Gasteiger partial charge in [-0.05, 0) is 37.1 Å². The molecule has 160 valence electrons. The first-order chi connectivity index (χ1) is 14.8. The highest BCUT2D eigenvalue weighted by molar-refractivity contribution is 8.13. The second-order valence-electron chi connectivity index (χ2n) is 7.00. The van der Waals surface area contributed by atoms with E-state index in [-0.39, 0.29) is 0 Å². The van der Waals surface area contributed by atoms with E-state index < -0.39 is 0 Å². The number of ether oxygens (including phenoxy) is 2. The van der Waals surface area contributed by atoms with Gasteiger partial charge in [0.15, 0.2) is 5.17 Å². The average Bonchev–Trinajstić information content (AvgIpc) is 2.80. The van der Waals surface area contributed by atoms with E-state index in [1.165, 1.54) is 17.3 Å². The van der Waals surface area contributed by atoms with Crippen LogP contribution >= 0.6 is 11.8 Å². The van der Waals surface area contributed by atoms with Crippen molar-refractivity contribution in [2.75, 3.05) is 39.5 Å². The van der Waals surface area contributed by atoms with E-state index in [1.807, 2.05) is 42.5 Å². The normalized spacial score (nSPS) is 15.5. The van der Waals surface area contributed by atoms with Gasteiger partial charge in [0, 0.05) is 24.4 Å². The molecule has 0 bridgehead atoms. The van der Waals surface area contributed by atoms with E-state index in [4.69, 9.17) is 15.2 Å². The molecule has 1 aliphatic heterocycles. The SMILES string of the molecule is NC(=NN=Cc1ccccc1OCCCCN1CCOCC1)SCc1ccccc1. The third-order valence-electron chi connectivity index (χ3n) is 4.73. The van der Waals surface area contributed by atoms with Gasteiger partial charge in [-0.25, -0.2) is 0 Å². The summed E-state index contributed by atoms with van der Waals surface area (Å²) in [5, 5.41) is 8.67. The Morgan fingerprint density at radius 1 is 1.07 bits per heavy atom. The summed E-state index contributed by atoms with van der Waals surface area (Å²) in [6.45, 7) is 5.56. The van der Waals surface area contributed by atoms with Crippen molar-refractivity contribution < 1.29 is 9.47 Å². The van der Waals surface area contributed by atoms with Crippen molar-refractivity contribution in [2.24, 2.45) is 15.9 Å². The predicted octanol–water partition coefficient (Wildman–Crippen LogP) is 3.76. The Morgan fingerprint density at radius 3 is 2.67 bits per heavy atom. The van der Waals surface area contributed by atoms with Gasteiger partial charge in [-0.2, -0.15) is 5.10 Å². The monoisotopic (exact) mass is 426 g/mol. The van der Waals surface area contributed by atoms with Crippen molar-refractivity contribution in [3.05, 3.63) is 65.7 Å². The smallest absolute Gasteiger partial charge is 0.180 e. The molecule has 2 aromatic rings. The largest absolute Gasteiger partial charge is 0.493 e. The molecule has 0 unspecified atom stereocenters. The molecule has 0 amide bonds. The van der Waals surface area contributed by atoms with Crippen molar-refractivity contribution in [1.82, 2.24) is 4.90 Å². The zero-order valence-electron chi connectivity index (χ0n) is 17.3. The number of thioether (sulfide) groups is 1. The molecule has 1 fully saturated rings. The molecule has 0 atom stereocenters. The molecule has 0 radical (unpaired) electrons. The van der Waals surface area contributed by atoms with Gasteiger partial charge < -0.3 is 15.2 Å². The fraction of sp³-hybridized carbons (Fsp3) is 0.391. The Morgan fingerprint density at radius 2 is 1.83 bits per heavy atom. The van der Waals surface area contributed by atoms with Gasteiger partial charge in [-0.3, -0.25) is 4.90 Å². The van der Waals surface area contributed by atoms with E-state index in [2.05, 4.69) is 27.2 Å². The minimum atomic E-state index is 0.441. The highest BCUT2D eigenvalue weighted by Gasteiger charge is 2.09. The van der Waals surface area contributed by atoms with Gasteiger partial charge in [0.25, 0.3) is 0 Å². The minimum absolute atomic E-state index is 0.441. The number of benzene rings is 2. The Labute approximate surface area is 183 Å². The maximum absolute atomic E-state index is 5.97. The first-order valence-electron chi connectivity index (χ1n) is 10.4. The quantitative estimate of drug-likeness (QED) is 0.271. The number of para-hydroxylation sites is 1. The molecule has 0 saturated carbocycles. The maximum atomic E-state index is 5.97. The molecule has 3 rings (SSSR count). The lowest BCUT2D eigenvalue weighted by atomic mass is 10.2. The van der Waals surface area contributed by atoms with Crippen molar-refractivity contribution >= 4 is 23.1 Å². The summed E-state index contributed by atoms with van der Waals surface area (Å²) >= 11 is 1.47. The summed E-state index contributed by atoms with van der Waals surface area (Å²) in [6, 6.07) is 18.0. The van der Waals surface area contributed by atoms with Gasteiger partial charge in [0.2, 0.25) is 0 Å². The molecule has 30 heavy (non-hydrogen) atoms. The number of nitrogens with two attached hydrogens (primary N) is 1. The van der Waals surface area contributed by atoms with Crippen LogP contribution in [0.3, 0.4) is 0 Å². The number of hydrogen-bond acceptors (Lipinski definition) is 6. The molecule has 2 N–H and O–H groups in total. The third-order valence-corrected chi connectivity index (χ3v) is 5.59. The summed E-state index contributed by atoms with van der Waals surface area (Å²) in [7, 11) is 0. The lowest BCUT2D eigenvalue weighted by Gasteiger charge is -2.26. The molecule has 2 aromatic carbocycles. The average molecular weight is 427 g/mol. The molecular formula is C23H30N4O2S. The zero-order chi connectivity index (χ0) is 20.9. The Hall–Kier alpha value is -2.35. The molecular weight excluding hydrogens is 396 g/mol. The van der Waals surface area contributed by atoms with Crippen molar-refractivity contribution in [3.63, 3.8) is 0 Å². The van der Waals surface area contributed by atoms with Crippen LogP contribution in [0.2, 0.25) is 0 Å². The summed E-state index contributed by atoms with van der Waals surface area (Å²) < 4.78 is 11.4. The minimum Gasteiger partial charge on any atom is -0.493 e. The van der Waals surface area contributed by atoms with Gasteiger partial charge in [0.1, 0.15) is 5.75 Å². The predicted molar refractivity (Wildman–Crippen MR) is 125 cm³/mol. The standard InChI is InChI=1S/C23H30N4O2S/c24-23(30-19-20-8-2-1-3-9-20)26-25-18-21-10-4-5-11-22(21)29-15-7-6-12-27-13-16-28-17-14-27/h1-5,8-11,18H,6-7,12-17,19H2,(H2,24,26). The van der Waals surface area contributed by atoms with Crippen LogP contribution in [0, 0.1) is 0 Å². The van der Waals surface area contributed by atoms with Crippen LogP contribution in [0.25, 0.3) is 0 Å². The van der Waals surface area contributed by atoms with Crippen LogP contribution in [0.1, 0.15) is 24.0 Å². The number of hydrogen-bond donors (Lipinski definition) is 1. The summed E-state index contributed by atoms with van der Waals surface area (Å²) in [5.41, 5.74) is 8.06. The van der Waals surface area contributed by atoms with Crippen LogP contribution < -0.4 is 10.5 Å². The highest BCUT2D eigenvalue weighted by atomic mass is 32.2. The van der Waals surface area contributed by atoms with Gasteiger partial charge in [-0.15, -0.1) is 5.10 Å². The third kappa shape index (κ3) is 8.18. The van der Waals surface area contributed by atoms with Crippen LogP contribution in [0.15, 0.2) is 64.8 Å². The maximum Gasteiger partial charge on any atom is 0.180 e. The first kappa shape index (κ1) is 22.3. The molecule has 0 aromatic heterocycles. The fourth-order valence-corrected chi connectivity index (χ4v) is 3.68.